The first-order chi connectivity index (χ1) is 9.90. The summed E-state index contributed by atoms with van der Waals surface area (Å²) in [6.07, 6.45) is -1.17. The van der Waals surface area contributed by atoms with Crippen LogP contribution >= 0.6 is 0 Å². The molecule has 0 aromatic heterocycles. The zero-order chi connectivity index (χ0) is 15.6. The van der Waals surface area contributed by atoms with Gasteiger partial charge in [-0.15, -0.1) is 0 Å². The summed E-state index contributed by atoms with van der Waals surface area (Å²) < 4.78 is 32.0. The number of hydrogen-bond donors (Lipinski definition) is 1. The number of benzene rings is 2. The minimum Gasteiger partial charge on any atom is -0.450 e. The SMILES string of the molecule is C[C@@H](O)c1c(F)cccc1Oc1ccc(F)cc1[N+](=O)[O-]. The maximum absolute atomic E-state index is 13.7. The molecule has 1 N–H and O–H groups in total. The number of nitrogens with zero attached hydrogens (tertiary/aromatic N) is 1. The number of hydrogen-bond acceptors (Lipinski definition) is 4. The van der Waals surface area contributed by atoms with Crippen molar-refractivity contribution in [1.82, 2.24) is 0 Å². The van der Waals surface area contributed by atoms with E-state index in [2.05, 4.69) is 0 Å². The summed E-state index contributed by atoms with van der Waals surface area (Å²) in [4.78, 5) is 10.1. The molecule has 0 amide bonds. The normalized spacial score (nSPS) is 12.0. The lowest BCUT2D eigenvalue weighted by Crippen LogP contribution is -2.01. The van der Waals surface area contributed by atoms with E-state index >= 15 is 0 Å². The summed E-state index contributed by atoms with van der Waals surface area (Å²) in [5.74, 6) is -1.80. The molecule has 0 unspecified atom stereocenters. The van der Waals surface area contributed by atoms with Crippen molar-refractivity contribution in [1.29, 1.82) is 0 Å². The van der Waals surface area contributed by atoms with E-state index in [1.165, 1.54) is 19.1 Å². The van der Waals surface area contributed by atoms with Gasteiger partial charge < -0.3 is 9.84 Å². The van der Waals surface area contributed by atoms with Gasteiger partial charge >= 0.3 is 5.69 Å². The van der Waals surface area contributed by atoms with E-state index in [1.807, 2.05) is 0 Å². The first kappa shape index (κ1) is 14.9. The highest BCUT2D eigenvalue weighted by molar-refractivity contribution is 5.50. The van der Waals surface area contributed by atoms with Gasteiger partial charge in [-0.3, -0.25) is 10.1 Å². The van der Waals surface area contributed by atoms with E-state index in [0.717, 1.165) is 18.2 Å². The zero-order valence-corrected chi connectivity index (χ0v) is 10.9. The van der Waals surface area contributed by atoms with E-state index in [1.54, 1.807) is 0 Å². The van der Waals surface area contributed by atoms with Crippen molar-refractivity contribution in [2.45, 2.75) is 13.0 Å². The predicted molar refractivity (Wildman–Crippen MR) is 70.2 cm³/mol. The summed E-state index contributed by atoms with van der Waals surface area (Å²) in [5, 5.41) is 20.5. The molecule has 0 aliphatic heterocycles. The molecule has 1 atom stereocenters. The molecule has 110 valence electrons. The third-order valence-corrected chi connectivity index (χ3v) is 2.77. The second-order valence-electron chi connectivity index (χ2n) is 4.30. The molecule has 7 heteroatoms. The van der Waals surface area contributed by atoms with E-state index in [9.17, 15) is 24.0 Å². The van der Waals surface area contributed by atoms with Gasteiger partial charge in [-0.2, -0.15) is 0 Å². The van der Waals surface area contributed by atoms with Gasteiger partial charge in [0, 0.05) is 0 Å². The van der Waals surface area contributed by atoms with Gasteiger partial charge in [0.05, 0.1) is 22.7 Å². The Bertz CT molecular complexity index is 689. The maximum atomic E-state index is 13.7. The molecule has 2 aromatic carbocycles. The van der Waals surface area contributed by atoms with Crippen LogP contribution in [0.3, 0.4) is 0 Å². The zero-order valence-electron chi connectivity index (χ0n) is 10.9. The molecule has 0 spiro atoms. The topological polar surface area (TPSA) is 72.6 Å². The predicted octanol–water partition coefficient (Wildman–Crippen LogP) is 3.72. The van der Waals surface area contributed by atoms with Gasteiger partial charge in [0.15, 0.2) is 0 Å². The van der Waals surface area contributed by atoms with Crippen molar-refractivity contribution in [2.24, 2.45) is 0 Å². The summed E-state index contributed by atoms with van der Waals surface area (Å²) in [6, 6.07) is 6.60. The Morgan fingerprint density at radius 3 is 2.57 bits per heavy atom. The molecular weight excluding hydrogens is 284 g/mol. The van der Waals surface area contributed by atoms with Crippen molar-refractivity contribution in [3.8, 4) is 11.5 Å². The Morgan fingerprint density at radius 1 is 1.24 bits per heavy atom. The van der Waals surface area contributed by atoms with Crippen LogP contribution < -0.4 is 4.74 Å². The molecule has 0 radical (unpaired) electrons. The lowest BCUT2D eigenvalue weighted by molar-refractivity contribution is -0.385. The molecule has 21 heavy (non-hydrogen) atoms. The first-order valence-electron chi connectivity index (χ1n) is 5.98. The third kappa shape index (κ3) is 3.14. The quantitative estimate of drug-likeness (QED) is 0.689. The number of aliphatic hydroxyl groups excluding tert-OH is 1. The van der Waals surface area contributed by atoms with E-state index in [-0.39, 0.29) is 17.1 Å². The highest BCUT2D eigenvalue weighted by atomic mass is 19.1. The van der Waals surface area contributed by atoms with Crippen LogP contribution in [0.25, 0.3) is 0 Å². The Hall–Kier alpha value is -2.54. The van der Waals surface area contributed by atoms with E-state index in [0.29, 0.717) is 6.07 Å². The second kappa shape index (κ2) is 5.84. The Kier molecular flexibility index (Phi) is 4.13. The van der Waals surface area contributed by atoms with E-state index < -0.39 is 28.3 Å². The highest BCUT2D eigenvalue weighted by Gasteiger charge is 2.20. The average molecular weight is 295 g/mol. The molecule has 0 saturated heterocycles. The maximum Gasteiger partial charge on any atom is 0.314 e. The lowest BCUT2D eigenvalue weighted by atomic mass is 10.1. The van der Waals surface area contributed by atoms with Crippen LogP contribution in [0.2, 0.25) is 0 Å². The summed E-state index contributed by atoms with van der Waals surface area (Å²) in [6.45, 7) is 1.34. The van der Waals surface area contributed by atoms with Gasteiger partial charge in [0.1, 0.15) is 17.4 Å². The van der Waals surface area contributed by atoms with Crippen molar-refractivity contribution in [2.75, 3.05) is 0 Å². The molecule has 0 fully saturated rings. The Morgan fingerprint density at radius 2 is 1.95 bits per heavy atom. The molecule has 0 bridgehead atoms. The van der Waals surface area contributed by atoms with Crippen LogP contribution in [0.1, 0.15) is 18.6 Å². The van der Waals surface area contributed by atoms with Gasteiger partial charge in [-0.25, -0.2) is 8.78 Å². The average Bonchev–Trinajstić information content (AvgIpc) is 2.40. The standard InChI is InChI=1S/C14H11F2NO4/c1-8(18)14-10(16)3-2-4-13(14)21-12-6-5-9(15)7-11(12)17(19)20/h2-8,18H,1H3/t8-/m1/s1. The van der Waals surface area contributed by atoms with Crippen LogP contribution in [-0.2, 0) is 0 Å². The molecular formula is C14H11F2NO4. The van der Waals surface area contributed by atoms with Gasteiger partial charge in [-0.1, -0.05) is 6.07 Å². The van der Waals surface area contributed by atoms with Gasteiger partial charge in [-0.05, 0) is 31.2 Å². The molecule has 5 nitrogen and oxygen atoms in total. The fourth-order valence-corrected chi connectivity index (χ4v) is 1.85. The fraction of sp³-hybridized carbons (Fsp3) is 0.143. The summed E-state index contributed by atoms with van der Waals surface area (Å²) >= 11 is 0. The van der Waals surface area contributed by atoms with Crippen molar-refractivity contribution < 1.29 is 23.5 Å². The highest BCUT2D eigenvalue weighted by Crippen LogP contribution is 2.36. The van der Waals surface area contributed by atoms with Gasteiger partial charge in [0.25, 0.3) is 0 Å². The van der Waals surface area contributed by atoms with Crippen LogP contribution in [-0.4, -0.2) is 10.0 Å². The molecule has 2 rings (SSSR count). The minimum absolute atomic E-state index is 0.0697. The smallest absolute Gasteiger partial charge is 0.314 e. The second-order valence-corrected chi connectivity index (χ2v) is 4.30. The molecule has 2 aromatic rings. The number of nitro groups is 1. The van der Waals surface area contributed by atoms with Crippen molar-refractivity contribution >= 4 is 5.69 Å². The molecule has 0 aliphatic carbocycles. The monoisotopic (exact) mass is 295 g/mol. The number of halogens is 2. The van der Waals surface area contributed by atoms with Crippen molar-refractivity contribution in [3.05, 3.63) is 63.7 Å². The molecule has 0 saturated carbocycles. The van der Waals surface area contributed by atoms with Crippen LogP contribution in [0.5, 0.6) is 11.5 Å². The lowest BCUT2D eigenvalue weighted by Gasteiger charge is -2.13. The minimum atomic E-state index is -1.17. The number of ether oxygens (including phenoxy) is 1. The number of nitro benzene ring substituents is 1. The largest absolute Gasteiger partial charge is 0.450 e. The molecule has 0 heterocycles. The van der Waals surface area contributed by atoms with Crippen LogP contribution in [0.4, 0.5) is 14.5 Å². The van der Waals surface area contributed by atoms with Crippen LogP contribution in [0, 0.1) is 21.7 Å². The first-order valence-corrected chi connectivity index (χ1v) is 5.98. The van der Waals surface area contributed by atoms with Gasteiger partial charge in [0.2, 0.25) is 5.75 Å². The van der Waals surface area contributed by atoms with Crippen LogP contribution in [0.15, 0.2) is 36.4 Å². The number of rotatable bonds is 4. The van der Waals surface area contributed by atoms with E-state index in [4.69, 9.17) is 4.74 Å². The fourth-order valence-electron chi connectivity index (χ4n) is 1.85. The molecule has 0 aliphatic rings. The van der Waals surface area contributed by atoms with Crippen molar-refractivity contribution in [3.63, 3.8) is 0 Å². The Labute approximate surface area is 118 Å². The third-order valence-electron chi connectivity index (χ3n) is 2.77. The number of aliphatic hydroxyl groups is 1. The Balaban J connectivity index is 2.49. The summed E-state index contributed by atoms with van der Waals surface area (Å²) in [5.41, 5.74) is -0.716. The summed E-state index contributed by atoms with van der Waals surface area (Å²) in [7, 11) is 0.